The van der Waals surface area contributed by atoms with Crippen LogP contribution in [0.25, 0.3) is 0 Å². The van der Waals surface area contributed by atoms with Gasteiger partial charge in [-0.2, -0.15) is 0 Å². The smallest absolute Gasteiger partial charge is 0.256 e. The third-order valence-corrected chi connectivity index (χ3v) is 4.94. The first-order chi connectivity index (χ1) is 12.2. The lowest BCUT2D eigenvalue weighted by atomic mass is 9.97. The first-order valence-electron chi connectivity index (χ1n) is 9.01. The van der Waals surface area contributed by atoms with Crippen LogP contribution in [0.4, 0.5) is 5.69 Å². The van der Waals surface area contributed by atoms with Crippen LogP contribution in [0.15, 0.2) is 18.2 Å². The number of hydrogen-bond acceptors (Lipinski definition) is 4. The quantitative estimate of drug-likeness (QED) is 0.577. The number of rotatable bonds is 11. The maximum Gasteiger partial charge on any atom is 0.256 e. The summed E-state index contributed by atoms with van der Waals surface area (Å²) in [5.74, 6) is 0.400. The molecular weight excluding hydrogens is 354 g/mol. The van der Waals surface area contributed by atoms with Crippen LogP contribution in [0.2, 0.25) is 5.02 Å². The Morgan fingerprint density at radius 3 is 2.38 bits per heavy atom. The standard InChI is InChI=1S/C20H32ClNO4/c1-7-8-11-20(4,25-6)18(23)22-15-9-10-17(16(21)14-15)26-13-12-19(2,3)24-5/h9-10,14H,7-8,11-13H2,1-6H3,(H,22,23). The summed E-state index contributed by atoms with van der Waals surface area (Å²) >= 11 is 6.29. The average molecular weight is 386 g/mol. The molecule has 1 N–H and O–H groups in total. The molecule has 0 heterocycles. The molecule has 0 aliphatic rings. The molecule has 1 amide bonds. The molecule has 0 fully saturated rings. The topological polar surface area (TPSA) is 56.8 Å². The van der Waals surface area contributed by atoms with Crippen molar-refractivity contribution in [1.29, 1.82) is 0 Å². The first-order valence-corrected chi connectivity index (χ1v) is 9.39. The van der Waals surface area contributed by atoms with Crippen molar-refractivity contribution in [2.24, 2.45) is 0 Å². The fourth-order valence-corrected chi connectivity index (χ4v) is 2.53. The van der Waals surface area contributed by atoms with E-state index in [-0.39, 0.29) is 11.5 Å². The number of hydrogen-bond donors (Lipinski definition) is 1. The van der Waals surface area contributed by atoms with Crippen LogP contribution < -0.4 is 10.1 Å². The Morgan fingerprint density at radius 1 is 1.15 bits per heavy atom. The largest absolute Gasteiger partial charge is 0.492 e. The van der Waals surface area contributed by atoms with E-state index in [1.165, 1.54) is 0 Å². The molecule has 0 aromatic heterocycles. The van der Waals surface area contributed by atoms with Gasteiger partial charge in [0.05, 0.1) is 17.2 Å². The summed E-state index contributed by atoms with van der Waals surface area (Å²) in [6, 6.07) is 5.22. The average Bonchev–Trinajstić information content (AvgIpc) is 2.61. The summed E-state index contributed by atoms with van der Waals surface area (Å²) in [7, 11) is 3.24. The van der Waals surface area contributed by atoms with Crippen LogP contribution in [0.3, 0.4) is 0 Å². The number of amides is 1. The number of nitrogens with one attached hydrogen (secondary N) is 1. The summed E-state index contributed by atoms with van der Waals surface area (Å²) in [6.07, 6.45) is 3.32. The number of halogens is 1. The summed E-state index contributed by atoms with van der Waals surface area (Å²) in [4.78, 5) is 12.6. The van der Waals surface area contributed by atoms with Gasteiger partial charge in [0.15, 0.2) is 0 Å². The number of carbonyl (C=O) groups is 1. The van der Waals surface area contributed by atoms with E-state index in [0.717, 1.165) is 19.3 Å². The van der Waals surface area contributed by atoms with Gasteiger partial charge < -0.3 is 19.5 Å². The van der Waals surface area contributed by atoms with Crippen LogP contribution in [-0.4, -0.2) is 37.9 Å². The first kappa shape index (κ1) is 22.7. The molecule has 1 aromatic rings. The molecule has 1 atom stereocenters. The van der Waals surface area contributed by atoms with Gasteiger partial charge in [-0.05, 0) is 45.4 Å². The van der Waals surface area contributed by atoms with Gasteiger partial charge in [0.25, 0.3) is 5.91 Å². The molecule has 0 aliphatic heterocycles. The minimum absolute atomic E-state index is 0.181. The normalized spacial score (nSPS) is 14.0. The second kappa shape index (κ2) is 10.1. The summed E-state index contributed by atoms with van der Waals surface area (Å²) in [6.45, 7) is 8.38. The predicted octanol–water partition coefficient (Wildman–Crippen LogP) is 5.07. The molecule has 0 bridgehead atoms. The zero-order chi connectivity index (χ0) is 19.8. The maximum atomic E-state index is 12.6. The lowest BCUT2D eigenvalue weighted by molar-refractivity contribution is -0.136. The fraction of sp³-hybridized carbons (Fsp3) is 0.650. The Labute approximate surface area is 162 Å². The minimum atomic E-state index is -0.858. The second-order valence-electron chi connectivity index (χ2n) is 7.20. The Morgan fingerprint density at radius 2 is 1.85 bits per heavy atom. The van der Waals surface area contributed by atoms with E-state index in [1.54, 1.807) is 39.3 Å². The highest BCUT2D eigenvalue weighted by Crippen LogP contribution is 2.29. The Bertz CT molecular complexity index is 591. The minimum Gasteiger partial charge on any atom is -0.492 e. The second-order valence-corrected chi connectivity index (χ2v) is 7.61. The molecule has 1 rings (SSSR count). The molecule has 148 valence electrons. The monoisotopic (exact) mass is 385 g/mol. The van der Waals surface area contributed by atoms with Crippen LogP contribution in [-0.2, 0) is 14.3 Å². The van der Waals surface area contributed by atoms with Gasteiger partial charge in [0.2, 0.25) is 0 Å². The van der Waals surface area contributed by atoms with Crippen LogP contribution >= 0.6 is 11.6 Å². The van der Waals surface area contributed by atoms with Crippen molar-refractivity contribution in [3.8, 4) is 5.75 Å². The number of methoxy groups -OCH3 is 2. The van der Waals surface area contributed by atoms with E-state index >= 15 is 0 Å². The van der Waals surface area contributed by atoms with Gasteiger partial charge >= 0.3 is 0 Å². The van der Waals surface area contributed by atoms with Crippen LogP contribution in [0.5, 0.6) is 5.75 Å². The summed E-state index contributed by atoms with van der Waals surface area (Å²) in [5.41, 5.74) is -0.489. The lowest BCUT2D eigenvalue weighted by Gasteiger charge is -2.27. The molecule has 0 spiro atoms. The Hall–Kier alpha value is -1.30. The summed E-state index contributed by atoms with van der Waals surface area (Å²) < 4.78 is 16.5. The molecule has 6 heteroatoms. The van der Waals surface area contributed by atoms with Crippen molar-refractivity contribution in [2.45, 2.75) is 64.6 Å². The van der Waals surface area contributed by atoms with Crippen molar-refractivity contribution in [2.75, 3.05) is 26.1 Å². The van der Waals surface area contributed by atoms with E-state index in [4.69, 9.17) is 25.8 Å². The molecule has 0 radical (unpaired) electrons. The molecular formula is C20H32ClNO4. The van der Waals surface area contributed by atoms with Crippen LogP contribution in [0, 0.1) is 0 Å². The molecule has 0 saturated heterocycles. The zero-order valence-corrected chi connectivity index (χ0v) is 17.5. The predicted molar refractivity (Wildman–Crippen MR) is 106 cm³/mol. The Kier molecular flexibility index (Phi) is 8.87. The SMILES string of the molecule is CCCCC(C)(OC)C(=O)Nc1ccc(OCCC(C)(C)OC)c(Cl)c1. The highest BCUT2D eigenvalue weighted by Gasteiger charge is 2.32. The van der Waals surface area contributed by atoms with Gasteiger partial charge in [0.1, 0.15) is 11.4 Å². The number of ether oxygens (including phenoxy) is 3. The lowest BCUT2D eigenvalue weighted by Crippen LogP contribution is -2.41. The number of benzene rings is 1. The van der Waals surface area contributed by atoms with E-state index < -0.39 is 5.60 Å². The molecule has 0 aliphatic carbocycles. The van der Waals surface area contributed by atoms with Gasteiger partial charge in [-0.1, -0.05) is 31.4 Å². The molecule has 1 unspecified atom stereocenters. The van der Waals surface area contributed by atoms with Crippen molar-refractivity contribution < 1.29 is 19.0 Å². The van der Waals surface area contributed by atoms with Gasteiger partial charge in [-0.3, -0.25) is 4.79 Å². The van der Waals surface area contributed by atoms with Gasteiger partial charge in [0, 0.05) is 26.3 Å². The van der Waals surface area contributed by atoms with Crippen molar-refractivity contribution in [3.63, 3.8) is 0 Å². The van der Waals surface area contributed by atoms with Gasteiger partial charge in [-0.15, -0.1) is 0 Å². The number of carbonyl (C=O) groups excluding carboxylic acids is 1. The third-order valence-electron chi connectivity index (χ3n) is 4.64. The van der Waals surface area contributed by atoms with Crippen molar-refractivity contribution >= 4 is 23.2 Å². The molecule has 26 heavy (non-hydrogen) atoms. The van der Waals surface area contributed by atoms with E-state index in [0.29, 0.717) is 29.5 Å². The van der Waals surface area contributed by atoms with Crippen molar-refractivity contribution in [3.05, 3.63) is 23.2 Å². The zero-order valence-electron chi connectivity index (χ0n) is 16.8. The molecule has 1 aromatic carbocycles. The van der Waals surface area contributed by atoms with E-state index in [9.17, 15) is 4.79 Å². The van der Waals surface area contributed by atoms with E-state index in [2.05, 4.69) is 12.2 Å². The molecule has 0 saturated carbocycles. The Balaban J connectivity index is 2.70. The van der Waals surface area contributed by atoms with Crippen LogP contribution in [0.1, 0.15) is 53.4 Å². The summed E-state index contributed by atoms with van der Waals surface area (Å²) in [5, 5.41) is 3.33. The van der Waals surface area contributed by atoms with Gasteiger partial charge in [-0.25, -0.2) is 0 Å². The molecule has 5 nitrogen and oxygen atoms in total. The fourth-order valence-electron chi connectivity index (χ4n) is 2.29. The van der Waals surface area contributed by atoms with E-state index in [1.807, 2.05) is 13.8 Å². The number of unbranched alkanes of at least 4 members (excludes halogenated alkanes) is 1. The third kappa shape index (κ3) is 6.78. The van der Waals surface area contributed by atoms with Crippen molar-refractivity contribution in [1.82, 2.24) is 0 Å². The highest BCUT2D eigenvalue weighted by atomic mass is 35.5. The maximum absolute atomic E-state index is 12.6. The highest BCUT2D eigenvalue weighted by molar-refractivity contribution is 6.32. The number of anilines is 1.